The minimum absolute atomic E-state index is 0.0555. The fraction of sp³-hybridized carbons (Fsp3) is 0.724. The van der Waals surface area contributed by atoms with Crippen LogP contribution in [0.2, 0.25) is 0 Å². The number of rotatable bonds is 16. The number of hydrogen-bond donors (Lipinski definition) is 0. The van der Waals surface area contributed by atoms with E-state index in [4.69, 9.17) is 23.7 Å². The lowest BCUT2D eigenvalue weighted by Gasteiger charge is -2.34. The van der Waals surface area contributed by atoms with Crippen LogP contribution < -0.4 is 4.74 Å². The first-order valence-corrected chi connectivity index (χ1v) is 13.7. The van der Waals surface area contributed by atoms with Crippen LogP contribution in [0, 0.1) is 29.6 Å². The van der Waals surface area contributed by atoms with Crippen molar-refractivity contribution in [2.75, 3.05) is 27.6 Å². The topological polar surface area (TPSA) is 129 Å². The van der Waals surface area contributed by atoms with Crippen LogP contribution in [0.25, 0.3) is 10.4 Å². The summed E-state index contributed by atoms with van der Waals surface area (Å²) in [5, 5.41) is 4.06. The number of carbonyl (C=O) groups excluding carboxylic acids is 2. The molecule has 39 heavy (non-hydrogen) atoms. The van der Waals surface area contributed by atoms with Gasteiger partial charge in [0.2, 0.25) is 0 Å². The van der Waals surface area contributed by atoms with Gasteiger partial charge in [0.1, 0.15) is 24.8 Å². The molecule has 0 amide bonds. The Kier molecular flexibility index (Phi) is 13.0. The van der Waals surface area contributed by atoms with E-state index in [1.165, 1.54) is 0 Å². The molecule has 1 aliphatic heterocycles. The minimum atomic E-state index is -0.612. The van der Waals surface area contributed by atoms with Gasteiger partial charge in [-0.3, -0.25) is 9.59 Å². The summed E-state index contributed by atoms with van der Waals surface area (Å²) < 4.78 is 27.9. The second-order valence-corrected chi connectivity index (χ2v) is 11.1. The smallest absolute Gasteiger partial charge is 0.309 e. The van der Waals surface area contributed by atoms with Gasteiger partial charge in [0.25, 0.3) is 0 Å². The van der Waals surface area contributed by atoms with Gasteiger partial charge in [-0.2, -0.15) is 0 Å². The molecule has 1 aliphatic rings. The first kappa shape index (κ1) is 32.4. The van der Waals surface area contributed by atoms with Crippen molar-refractivity contribution >= 4 is 11.9 Å². The van der Waals surface area contributed by atoms with E-state index >= 15 is 0 Å². The molecule has 1 aromatic rings. The molecule has 0 aromatic heterocycles. The second kappa shape index (κ2) is 15.7. The quantitative estimate of drug-likeness (QED) is 0.0617. The Morgan fingerprint density at radius 2 is 1.90 bits per heavy atom. The van der Waals surface area contributed by atoms with Crippen LogP contribution in [0.5, 0.6) is 5.75 Å². The van der Waals surface area contributed by atoms with Crippen LogP contribution in [-0.2, 0) is 35.0 Å². The van der Waals surface area contributed by atoms with Crippen molar-refractivity contribution in [1.82, 2.24) is 0 Å². The molecule has 0 unspecified atom stereocenters. The van der Waals surface area contributed by atoms with Gasteiger partial charge in [-0.15, -0.1) is 0 Å². The highest BCUT2D eigenvalue weighted by molar-refractivity contribution is 5.75. The number of cyclic esters (lactones) is 1. The summed E-state index contributed by atoms with van der Waals surface area (Å²) in [6.45, 7) is 12.3. The monoisotopic (exact) mass is 547 g/mol. The molecule has 10 heteroatoms. The van der Waals surface area contributed by atoms with Gasteiger partial charge in [-0.25, -0.2) is 0 Å². The lowest BCUT2D eigenvalue weighted by molar-refractivity contribution is -0.157. The van der Waals surface area contributed by atoms with Crippen LogP contribution in [0.15, 0.2) is 23.3 Å². The van der Waals surface area contributed by atoms with Gasteiger partial charge in [0, 0.05) is 17.9 Å². The summed E-state index contributed by atoms with van der Waals surface area (Å²) in [5.41, 5.74) is 11.1. The van der Waals surface area contributed by atoms with Crippen LogP contribution in [-0.4, -0.2) is 51.7 Å². The maximum absolute atomic E-state index is 12.9. The average Bonchev–Trinajstić information content (AvgIpc) is 3.29. The summed E-state index contributed by atoms with van der Waals surface area (Å²) in [7, 11) is 3.18. The molecule has 0 aliphatic carbocycles. The van der Waals surface area contributed by atoms with E-state index in [0.29, 0.717) is 31.6 Å². The Morgan fingerprint density at radius 1 is 1.18 bits per heavy atom. The highest BCUT2D eigenvalue weighted by Crippen LogP contribution is 2.40. The van der Waals surface area contributed by atoms with Gasteiger partial charge in [-0.1, -0.05) is 52.7 Å². The van der Waals surface area contributed by atoms with Crippen molar-refractivity contribution in [2.24, 2.45) is 34.7 Å². The lowest BCUT2D eigenvalue weighted by atomic mass is 9.79. The summed E-state index contributed by atoms with van der Waals surface area (Å²) in [6.07, 6.45) is 0.328. The number of methoxy groups -OCH3 is 2. The third kappa shape index (κ3) is 9.12. The van der Waals surface area contributed by atoms with Crippen LogP contribution in [0.4, 0.5) is 0 Å². The number of esters is 2. The molecule has 0 bridgehead atoms. The maximum Gasteiger partial charge on any atom is 0.309 e. The molecule has 10 nitrogen and oxygen atoms in total. The van der Waals surface area contributed by atoms with Crippen LogP contribution >= 0.6 is 0 Å². The summed E-state index contributed by atoms with van der Waals surface area (Å²) in [6, 6.07) is 5.16. The molecular formula is C29H45N3O7. The zero-order valence-electron chi connectivity index (χ0n) is 24.6. The van der Waals surface area contributed by atoms with Crippen LogP contribution in [0.3, 0.4) is 0 Å². The van der Waals surface area contributed by atoms with Gasteiger partial charge in [0.05, 0.1) is 31.6 Å². The van der Waals surface area contributed by atoms with E-state index in [1.54, 1.807) is 28.1 Å². The molecule has 218 valence electrons. The van der Waals surface area contributed by atoms with Crippen molar-refractivity contribution in [2.45, 2.75) is 79.1 Å². The SMILES string of the molecule is COCOCCc1cc([C@H](OC(=O)C(C)C)[C@@H](C[C@H](N=[N+]=[N-])[C@@H]2C[C@@H](C(C)C)C(=O)O2)C(C)C)ccc1OC. The Morgan fingerprint density at radius 3 is 2.44 bits per heavy atom. The molecule has 0 spiro atoms. The normalized spacial score (nSPS) is 19.5. The van der Waals surface area contributed by atoms with Crippen LogP contribution in [0.1, 0.15) is 71.6 Å². The van der Waals surface area contributed by atoms with Crippen molar-refractivity contribution in [3.63, 3.8) is 0 Å². The molecule has 0 N–H and O–H groups in total. The summed E-state index contributed by atoms with van der Waals surface area (Å²) >= 11 is 0. The fourth-order valence-electron chi connectivity index (χ4n) is 4.93. The molecule has 0 radical (unpaired) electrons. The van der Waals surface area contributed by atoms with E-state index in [0.717, 1.165) is 11.1 Å². The van der Waals surface area contributed by atoms with E-state index < -0.39 is 18.2 Å². The van der Waals surface area contributed by atoms with Gasteiger partial charge in [0.15, 0.2) is 0 Å². The summed E-state index contributed by atoms with van der Waals surface area (Å²) in [4.78, 5) is 28.5. The molecule has 1 fully saturated rings. The largest absolute Gasteiger partial charge is 0.496 e. The zero-order chi connectivity index (χ0) is 29.1. The number of azide groups is 1. The van der Waals surface area contributed by atoms with Gasteiger partial charge >= 0.3 is 11.9 Å². The molecule has 0 saturated carbocycles. The average molecular weight is 548 g/mol. The zero-order valence-corrected chi connectivity index (χ0v) is 24.6. The van der Waals surface area contributed by atoms with Gasteiger partial charge < -0.3 is 23.7 Å². The Bertz CT molecular complexity index is 991. The molecule has 1 saturated heterocycles. The highest BCUT2D eigenvalue weighted by Gasteiger charge is 2.42. The van der Waals surface area contributed by atoms with Gasteiger partial charge in [-0.05, 0) is 59.9 Å². The first-order valence-electron chi connectivity index (χ1n) is 13.7. The Balaban J connectivity index is 2.45. The molecule has 2 rings (SSSR count). The number of carbonyl (C=O) groups is 2. The Hall–Kier alpha value is -2.81. The first-order chi connectivity index (χ1) is 18.5. The third-order valence-corrected chi connectivity index (χ3v) is 7.31. The highest BCUT2D eigenvalue weighted by atomic mass is 16.7. The molecule has 1 aromatic carbocycles. The molecular weight excluding hydrogens is 502 g/mol. The number of benzene rings is 1. The number of nitrogens with zero attached hydrogens (tertiary/aromatic N) is 3. The van der Waals surface area contributed by atoms with E-state index in [2.05, 4.69) is 23.9 Å². The minimum Gasteiger partial charge on any atom is -0.496 e. The van der Waals surface area contributed by atoms with Crippen molar-refractivity contribution < 1.29 is 33.3 Å². The predicted octanol–water partition coefficient (Wildman–Crippen LogP) is 6.03. The van der Waals surface area contributed by atoms with E-state index in [1.807, 2.05) is 32.0 Å². The molecule has 1 heterocycles. The Labute approximate surface area is 232 Å². The summed E-state index contributed by atoms with van der Waals surface area (Å²) in [5.74, 6) is -0.462. The van der Waals surface area contributed by atoms with E-state index in [-0.39, 0.29) is 48.3 Å². The fourth-order valence-corrected chi connectivity index (χ4v) is 4.93. The predicted molar refractivity (Wildman–Crippen MR) is 147 cm³/mol. The lowest BCUT2D eigenvalue weighted by Crippen LogP contribution is -2.33. The van der Waals surface area contributed by atoms with Crippen molar-refractivity contribution in [3.8, 4) is 5.75 Å². The number of ether oxygens (including phenoxy) is 5. The van der Waals surface area contributed by atoms with Crippen molar-refractivity contribution in [1.29, 1.82) is 0 Å². The standard InChI is InChI=1S/C29H45N3O7/c1-17(2)22(14-24(31-32-30)26-15-23(18(3)4)29(34)38-26)27(39-28(33)19(5)6)21-9-10-25(36-8)20(13-21)11-12-37-16-35-7/h9-10,13,17-19,22-24,26-27H,11-12,14-16H2,1-8H3/t22-,23-,24-,26-,27-/m0/s1. The second-order valence-electron chi connectivity index (χ2n) is 11.1. The van der Waals surface area contributed by atoms with Crippen molar-refractivity contribution in [3.05, 3.63) is 39.8 Å². The molecule has 5 atom stereocenters. The third-order valence-electron chi connectivity index (χ3n) is 7.31. The maximum atomic E-state index is 12.9. The van der Waals surface area contributed by atoms with E-state index in [9.17, 15) is 15.1 Å². The number of hydrogen-bond acceptors (Lipinski definition) is 8.